The summed E-state index contributed by atoms with van der Waals surface area (Å²) in [4.78, 5) is 27.1. The monoisotopic (exact) mass is 501 g/mol. The summed E-state index contributed by atoms with van der Waals surface area (Å²) >= 11 is 0. The molecule has 0 saturated heterocycles. The van der Waals surface area contributed by atoms with Crippen LogP contribution in [0.25, 0.3) is 11.1 Å². The van der Waals surface area contributed by atoms with Gasteiger partial charge in [-0.15, -0.1) is 0 Å². The number of guanidine groups is 1. The Hall–Kier alpha value is -4.19. The van der Waals surface area contributed by atoms with Crippen LogP contribution >= 0.6 is 0 Å². The van der Waals surface area contributed by atoms with E-state index in [2.05, 4.69) is 100 Å². The lowest BCUT2D eigenvalue weighted by atomic mass is 9.99. The molecule has 1 saturated carbocycles. The molecule has 3 aromatic carbocycles. The van der Waals surface area contributed by atoms with Gasteiger partial charge >= 0.3 is 0 Å². The summed E-state index contributed by atoms with van der Waals surface area (Å²) in [6, 6.07) is 29.9. The van der Waals surface area contributed by atoms with Gasteiger partial charge in [-0.25, -0.2) is 9.98 Å². The number of carbonyl (C=O) groups excluding carboxylic acids is 1. The molecule has 6 nitrogen and oxygen atoms in total. The number of ketones is 1. The Labute approximate surface area is 223 Å². The Morgan fingerprint density at radius 2 is 1.58 bits per heavy atom. The first-order valence-electron chi connectivity index (χ1n) is 13.4. The number of nitrogens with zero attached hydrogens (tertiary/aromatic N) is 5. The van der Waals surface area contributed by atoms with E-state index in [1.807, 2.05) is 6.07 Å². The van der Waals surface area contributed by atoms with Crippen molar-refractivity contribution in [3.05, 3.63) is 108 Å². The summed E-state index contributed by atoms with van der Waals surface area (Å²) in [5.74, 6) is 3.34. The molecule has 38 heavy (non-hydrogen) atoms. The first-order valence-corrected chi connectivity index (χ1v) is 13.4. The molecule has 3 heterocycles. The van der Waals surface area contributed by atoms with Gasteiger partial charge in [-0.05, 0) is 28.7 Å². The summed E-state index contributed by atoms with van der Waals surface area (Å²) in [5, 5.41) is 0. The summed E-state index contributed by atoms with van der Waals surface area (Å²) in [6.07, 6.45) is 2.76. The molecule has 190 valence electrons. The number of fused-ring (bicyclic) bond motifs is 3. The van der Waals surface area contributed by atoms with Gasteiger partial charge in [0.15, 0.2) is 5.82 Å². The van der Waals surface area contributed by atoms with Gasteiger partial charge in [0.25, 0.3) is 0 Å². The minimum Gasteiger partial charge on any atom is -0.340 e. The number of Topliss-reactive ketones (excluding diaryl/α,β-unsaturated/α-hetero) is 1. The molecular weight excluding hydrogens is 470 g/mol. The van der Waals surface area contributed by atoms with Crippen LogP contribution in [0.5, 0.6) is 0 Å². The SMILES string of the molecule is CN1Cc2c(nc(Cc3ccc(-c4ccccc4)cc3)n2Cc2ccccc2)N2CC3(CCC(=O)C3)N=C12. The number of imidazole rings is 1. The zero-order chi connectivity index (χ0) is 25.7. The predicted molar refractivity (Wildman–Crippen MR) is 150 cm³/mol. The molecule has 1 spiro atoms. The van der Waals surface area contributed by atoms with Crippen LogP contribution in [0, 0.1) is 0 Å². The Bertz CT molecular complexity index is 1520. The highest BCUT2D eigenvalue weighted by molar-refractivity contribution is 6.00. The smallest absolute Gasteiger partial charge is 0.203 e. The van der Waals surface area contributed by atoms with Crippen LogP contribution in [0.4, 0.5) is 5.82 Å². The molecule has 0 amide bonds. The predicted octanol–water partition coefficient (Wildman–Crippen LogP) is 5.30. The molecule has 2 aliphatic heterocycles. The van der Waals surface area contributed by atoms with Crippen LogP contribution < -0.4 is 4.90 Å². The van der Waals surface area contributed by atoms with Crippen molar-refractivity contribution in [3.8, 4) is 11.1 Å². The van der Waals surface area contributed by atoms with Crippen molar-refractivity contribution >= 4 is 17.6 Å². The van der Waals surface area contributed by atoms with Crippen molar-refractivity contribution < 1.29 is 4.79 Å². The third kappa shape index (κ3) is 4.01. The van der Waals surface area contributed by atoms with Gasteiger partial charge in [-0.1, -0.05) is 84.9 Å². The van der Waals surface area contributed by atoms with Crippen molar-refractivity contribution in [2.75, 3.05) is 18.5 Å². The van der Waals surface area contributed by atoms with E-state index in [0.29, 0.717) is 18.6 Å². The molecule has 7 rings (SSSR count). The van der Waals surface area contributed by atoms with Crippen LogP contribution in [-0.4, -0.2) is 45.3 Å². The molecular formula is C32H31N5O. The lowest BCUT2D eigenvalue weighted by Gasteiger charge is -2.33. The summed E-state index contributed by atoms with van der Waals surface area (Å²) in [7, 11) is 2.10. The third-order valence-electron chi connectivity index (χ3n) is 8.15. The van der Waals surface area contributed by atoms with Gasteiger partial charge in [0.2, 0.25) is 5.96 Å². The molecule has 1 aliphatic carbocycles. The maximum absolute atomic E-state index is 12.2. The highest BCUT2D eigenvalue weighted by Crippen LogP contribution is 2.41. The number of anilines is 1. The van der Waals surface area contributed by atoms with Crippen LogP contribution in [-0.2, 0) is 24.3 Å². The minimum absolute atomic E-state index is 0.293. The van der Waals surface area contributed by atoms with Crippen LogP contribution in [0.3, 0.4) is 0 Å². The van der Waals surface area contributed by atoms with Crippen molar-refractivity contribution in [2.45, 2.75) is 44.3 Å². The number of aliphatic imine (C=N–C) groups is 1. The molecule has 1 unspecified atom stereocenters. The average Bonchev–Trinajstić information content (AvgIpc) is 3.61. The first kappa shape index (κ1) is 23.0. The number of benzene rings is 3. The zero-order valence-corrected chi connectivity index (χ0v) is 21.7. The topological polar surface area (TPSA) is 53.7 Å². The number of aromatic nitrogens is 2. The first-order chi connectivity index (χ1) is 18.6. The number of carbonyl (C=O) groups is 1. The second-order valence-corrected chi connectivity index (χ2v) is 10.9. The van der Waals surface area contributed by atoms with Gasteiger partial charge < -0.3 is 9.47 Å². The fourth-order valence-corrected chi connectivity index (χ4v) is 6.19. The van der Waals surface area contributed by atoms with Crippen molar-refractivity contribution in [1.29, 1.82) is 0 Å². The van der Waals surface area contributed by atoms with Gasteiger partial charge in [-0.3, -0.25) is 9.69 Å². The number of hydrogen-bond acceptors (Lipinski definition) is 5. The van der Waals surface area contributed by atoms with E-state index < -0.39 is 0 Å². The van der Waals surface area contributed by atoms with Crippen molar-refractivity contribution in [2.24, 2.45) is 4.99 Å². The highest BCUT2D eigenvalue weighted by Gasteiger charge is 2.48. The van der Waals surface area contributed by atoms with Crippen LogP contribution in [0.15, 0.2) is 89.9 Å². The quantitative estimate of drug-likeness (QED) is 0.372. The van der Waals surface area contributed by atoms with Gasteiger partial charge in [0.05, 0.1) is 24.3 Å². The molecule has 0 bridgehead atoms. The minimum atomic E-state index is -0.293. The van der Waals surface area contributed by atoms with Crippen LogP contribution in [0.2, 0.25) is 0 Å². The van der Waals surface area contributed by atoms with E-state index in [9.17, 15) is 4.79 Å². The van der Waals surface area contributed by atoms with Gasteiger partial charge in [0, 0.05) is 32.9 Å². The second-order valence-electron chi connectivity index (χ2n) is 10.9. The van der Waals surface area contributed by atoms with E-state index in [4.69, 9.17) is 9.98 Å². The molecule has 3 aliphatic rings. The van der Waals surface area contributed by atoms with E-state index in [0.717, 1.165) is 50.1 Å². The summed E-state index contributed by atoms with van der Waals surface area (Å²) < 4.78 is 2.40. The maximum atomic E-state index is 12.2. The average molecular weight is 502 g/mol. The van der Waals surface area contributed by atoms with E-state index in [1.165, 1.54) is 27.9 Å². The second kappa shape index (κ2) is 8.98. The summed E-state index contributed by atoms with van der Waals surface area (Å²) in [5.41, 5.74) is 5.87. The van der Waals surface area contributed by atoms with E-state index >= 15 is 0 Å². The van der Waals surface area contributed by atoms with Crippen molar-refractivity contribution in [3.63, 3.8) is 0 Å². The van der Waals surface area contributed by atoms with Gasteiger partial charge in [-0.2, -0.15) is 0 Å². The fraction of sp³-hybridized carbons (Fsp3) is 0.281. The Kier molecular flexibility index (Phi) is 5.43. The van der Waals surface area contributed by atoms with E-state index in [-0.39, 0.29) is 5.54 Å². The summed E-state index contributed by atoms with van der Waals surface area (Å²) in [6.45, 7) is 2.26. The number of rotatable bonds is 5. The molecule has 1 atom stereocenters. The van der Waals surface area contributed by atoms with Crippen LogP contribution in [0.1, 0.15) is 41.9 Å². The molecule has 0 radical (unpaired) electrons. The van der Waals surface area contributed by atoms with Gasteiger partial charge in [0.1, 0.15) is 11.6 Å². The third-order valence-corrected chi connectivity index (χ3v) is 8.15. The normalized spacial score (nSPS) is 20.1. The molecule has 4 aromatic rings. The Morgan fingerprint density at radius 1 is 0.868 bits per heavy atom. The molecule has 6 heteroatoms. The lowest BCUT2D eigenvalue weighted by molar-refractivity contribution is -0.117. The van der Waals surface area contributed by atoms with E-state index in [1.54, 1.807) is 0 Å². The zero-order valence-electron chi connectivity index (χ0n) is 21.7. The molecule has 0 N–H and O–H groups in total. The molecule has 1 fully saturated rings. The largest absolute Gasteiger partial charge is 0.340 e. The van der Waals surface area contributed by atoms with Crippen molar-refractivity contribution in [1.82, 2.24) is 14.5 Å². The maximum Gasteiger partial charge on any atom is 0.203 e. The molecule has 1 aromatic heterocycles. The fourth-order valence-electron chi connectivity index (χ4n) is 6.19. The highest BCUT2D eigenvalue weighted by atomic mass is 16.1. The lowest BCUT2D eigenvalue weighted by Crippen LogP contribution is -2.45. The Morgan fingerprint density at radius 3 is 2.29 bits per heavy atom. The number of hydrogen-bond donors (Lipinski definition) is 0. The standard InChI is InChI=1S/C32H31N5O/c1-35-21-28-30(37-22-32(34-31(35)37)17-16-27(38)19-32)33-29(36(28)20-24-8-4-2-5-9-24)18-23-12-14-26(15-13-23)25-10-6-3-7-11-25/h2-15H,16-22H2,1H3. The Balaban J connectivity index is 1.25.